The van der Waals surface area contributed by atoms with Crippen molar-refractivity contribution < 1.29 is 19.1 Å². The van der Waals surface area contributed by atoms with E-state index in [1.807, 2.05) is 17.0 Å². The number of unbranched alkanes of at least 4 members (excludes halogenated alkanes) is 2. The van der Waals surface area contributed by atoms with Crippen molar-refractivity contribution in [2.75, 3.05) is 38.8 Å². The predicted octanol–water partition coefficient (Wildman–Crippen LogP) is 4.34. The van der Waals surface area contributed by atoms with Gasteiger partial charge in [0.15, 0.2) is 17.3 Å². The maximum absolute atomic E-state index is 12.9. The topological polar surface area (TPSA) is 59.1 Å². The number of carbonyl (C=O) groups is 2. The number of hydrogen-bond donors (Lipinski definition) is 0. The normalized spacial score (nSPS) is 16.9. The first-order valence-corrected chi connectivity index (χ1v) is 12.5. The molecule has 0 saturated heterocycles. The van der Waals surface area contributed by atoms with Crippen molar-refractivity contribution in [1.82, 2.24) is 4.90 Å². The summed E-state index contributed by atoms with van der Waals surface area (Å²) in [6, 6.07) is 8.30. The van der Waals surface area contributed by atoms with E-state index < -0.39 is 0 Å². The van der Waals surface area contributed by atoms with Gasteiger partial charge in [-0.3, -0.25) is 14.5 Å². The summed E-state index contributed by atoms with van der Waals surface area (Å²) in [6.07, 6.45) is 6.89. The molecule has 0 atom stereocenters. The van der Waals surface area contributed by atoms with Crippen molar-refractivity contribution in [3.8, 4) is 11.5 Å². The van der Waals surface area contributed by atoms with E-state index >= 15 is 0 Å². The van der Waals surface area contributed by atoms with Crippen LogP contribution in [0.2, 0.25) is 0 Å². The van der Waals surface area contributed by atoms with Crippen LogP contribution in [0.4, 0.5) is 5.69 Å². The van der Waals surface area contributed by atoms with Crippen LogP contribution >= 0.6 is 0 Å². The fourth-order valence-electron chi connectivity index (χ4n) is 5.69. The van der Waals surface area contributed by atoms with Crippen molar-refractivity contribution in [1.29, 1.82) is 0 Å². The third-order valence-electron chi connectivity index (χ3n) is 7.55. The first-order chi connectivity index (χ1) is 16.6. The van der Waals surface area contributed by atoms with Crippen molar-refractivity contribution in [3.63, 3.8) is 0 Å². The Morgan fingerprint density at radius 2 is 1.53 bits per heavy atom. The SMILES string of the molecule is COc1cc2c(cc1OC)CN(CCCCCC(=O)c1cc3c4c(c1)CCN4C(=O)CC3)CC2. The molecule has 2 aromatic carbocycles. The molecule has 3 heterocycles. The van der Waals surface area contributed by atoms with E-state index in [-0.39, 0.29) is 11.7 Å². The molecule has 0 fully saturated rings. The van der Waals surface area contributed by atoms with Crippen molar-refractivity contribution >= 4 is 17.4 Å². The Balaban J connectivity index is 1.09. The summed E-state index contributed by atoms with van der Waals surface area (Å²) in [5, 5.41) is 0. The zero-order chi connectivity index (χ0) is 23.7. The highest BCUT2D eigenvalue weighted by atomic mass is 16.5. The average molecular weight is 463 g/mol. The lowest BCUT2D eigenvalue weighted by Gasteiger charge is -2.29. The molecule has 0 unspecified atom stereocenters. The zero-order valence-electron chi connectivity index (χ0n) is 20.3. The number of rotatable bonds is 9. The summed E-state index contributed by atoms with van der Waals surface area (Å²) in [5.74, 6) is 2.06. The number of hydrogen-bond acceptors (Lipinski definition) is 5. The first-order valence-electron chi connectivity index (χ1n) is 12.5. The van der Waals surface area contributed by atoms with Crippen molar-refractivity contribution in [3.05, 3.63) is 52.1 Å². The van der Waals surface area contributed by atoms with E-state index in [1.54, 1.807) is 14.2 Å². The number of amides is 1. The molecule has 0 aliphatic carbocycles. The van der Waals surface area contributed by atoms with Crippen LogP contribution in [0.15, 0.2) is 24.3 Å². The van der Waals surface area contributed by atoms with E-state index in [4.69, 9.17) is 9.47 Å². The molecule has 3 aliphatic rings. The van der Waals surface area contributed by atoms with Gasteiger partial charge in [0, 0.05) is 38.0 Å². The van der Waals surface area contributed by atoms with Gasteiger partial charge in [-0.05, 0) is 85.2 Å². The smallest absolute Gasteiger partial charge is 0.227 e. The number of aryl methyl sites for hydroxylation is 1. The molecular formula is C28H34N2O4. The van der Waals surface area contributed by atoms with E-state index in [2.05, 4.69) is 17.0 Å². The standard InChI is InChI=1S/C28H34N2O4/c1-33-25-16-19-9-12-29(18-23(19)17-26(25)34-2)11-5-3-4-6-24(31)22-14-20-7-8-27(32)30-13-10-21(15-22)28(20)30/h14-17H,3-13,18H2,1-2H3. The van der Waals surface area contributed by atoms with Crippen LogP contribution < -0.4 is 14.4 Å². The Morgan fingerprint density at radius 3 is 2.29 bits per heavy atom. The second kappa shape index (κ2) is 9.79. The largest absolute Gasteiger partial charge is 0.493 e. The van der Waals surface area contributed by atoms with Crippen LogP contribution in [0.25, 0.3) is 0 Å². The Bertz CT molecular complexity index is 1110. The molecule has 2 aromatic rings. The van der Waals surface area contributed by atoms with Crippen molar-refractivity contribution in [2.45, 2.75) is 57.9 Å². The molecule has 1 amide bonds. The molecule has 6 heteroatoms. The molecule has 0 bridgehead atoms. The molecule has 0 N–H and O–H groups in total. The van der Waals surface area contributed by atoms with Gasteiger partial charge >= 0.3 is 0 Å². The lowest BCUT2D eigenvalue weighted by atomic mass is 9.94. The molecule has 6 nitrogen and oxygen atoms in total. The van der Waals surface area contributed by atoms with Gasteiger partial charge in [0.1, 0.15) is 0 Å². The van der Waals surface area contributed by atoms with Gasteiger partial charge in [-0.2, -0.15) is 0 Å². The molecular weight excluding hydrogens is 428 g/mol. The second-order valence-electron chi connectivity index (χ2n) is 9.67. The predicted molar refractivity (Wildman–Crippen MR) is 132 cm³/mol. The summed E-state index contributed by atoms with van der Waals surface area (Å²) in [5.41, 5.74) is 6.94. The minimum absolute atomic E-state index is 0.224. The van der Waals surface area contributed by atoms with Crippen LogP contribution in [0.1, 0.15) is 64.7 Å². The molecule has 3 aliphatic heterocycles. The van der Waals surface area contributed by atoms with Gasteiger partial charge in [0.2, 0.25) is 5.91 Å². The van der Waals surface area contributed by atoms with E-state index in [1.165, 1.54) is 22.3 Å². The van der Waals surface area contributed by atoms with Gasteiger partial charge in [0.25, 0.3) is 0 Å². The van der Waals surface area contributed by atoms with E-state index in [0.717, 1.165) is 87.5 Å². The highest BCUT2D eigenvalue weighted by Gasteiger charge is 2.32. The number of ketones is 1. The summed E-state index contributed by atoms with van der Waals surface area (Å²) in [6.45, 7) is 3.81. The monoisotopic (exact) mass is 462 g/mol. The maximum Gasteiger partial charge on any atom is 0.227 e. The lowest BCUT2D eigenvalue weighted by molar-refractivity contribution is -0.118. The molecule has 180 valence electrons. The van der Waals surface area contributed by atoms with Crippen molar-refractivity contribution in [2.24, 2.45) is 0 Å². The molecule has 5 rings (SSSR count). The number of fused-ring (bicyclic) bond motifs is 1. The highest BCUT2D eigenvalue weighted by Crippen LogP contribution is 2.38. The Labute approximate surface area is 201 Å². The average Bonchev–Trinajstić information content (AvgIpc) is 3.30. The number of ether oxygens (including phenoxy) is 2. The molecule has 0 radical (unpaired) electrons. The number of carbonyl (C=O) groups excluding carboxylic acids is 2. The van der Waals surface area contributed by atoms with E-state index in [9.17, 15) is 9.59 Å². The number of Topliss-reactive ketones (excluding diaryl/α,β-unsaturated/α-hetero) is 1. The Kier molecular flexibility index (Phi) is 6.59. The summed E-state index contributed by atoms with van der Waals surface area (Å²) in [7, 11) is 3.36. The lowest BCUT2D eigenvalue weighted by Crippen LogP contribution is -2.32. The van der Waals surface area contributed by atoms with Gasteiger partial charge < -0.3 is 14.4 Å². The fraction of sp³-hybridized carbons (Fsp3) is 0.500. The second-order valence-corrected chi connectivity index (χ2v) is 9.67. The van der Waals surface area contributed by atoms with Crippen LogP contribution in [0, 0.1) is 0 Å². The number of methoxy groups -OCH3 is 2. The Hall–Kier alpha value is -2.86. The third-order valence-corrected chi connectivity index (χ3v) is 7.55. The van der Waals surface area contributed by atoms with Gasteiger partial charge in [-0.1, -0.05) is 6.42 Å². The minimum atomic E-state index is 0.224. The number of nitrogens with zero attached hydrogens (tertiary/aromatic N) is 2. The Morgan fingerprint density at radius 1 is 0.824 bits per heavy atom. The third kappa shape index (κ3) is 4.43. The molecule has 0 spiro atoms. The number of anilines is 1. The van der Waals surface area contributed by atoms with E-state index in [0.29, 0.717) is 12.8 Å². The van der Waals surface area contributed by atoms with Crippen LogP contribution in [-0.2, 0) is 30.6 Å². The molecule has 34 heavy (non-hydrogen) atoms. The van der Waals surface area contributed by atoms with Gasteiger partial charge in [-0.15, -0.1) is 0 Å². The van der Waals surface area contributed by atoms with Gasteiger partial charge in [0.05, 0.1) is 19.9 Å². The van der Waals surface area contributed by atoms with Crippen LogP contribution in [0.5, 0.6) is 11.5 Å². The van der Waals surface area contributed by atoms with Crippen LogP contribution in [0.3, 0.4) is 0 Å². The summed E-state index contributed by atoms with van der Waals surface area (Å²) in [4.78, 5) is 29.4. The fourth-order valence-corrected chi connectivity index (χ4v) is 5.69. The maximum atomic E-state index is 12.9. The van der Waals surface area contributed by atoms with Gasteiger partial charge in [-0.25, -0.2) is 0 Å². The van der Waals surface area contributed by atoms with Crippen LogP contribution in [-0.4, -0.2) is 50.4 Å². The molecule has 0 saturated carbocycles. The minimum Gasteiger partial charge on any atom is -0.493 e. The summed E-state index contributed by atoms with van der Waals surface area (Å²) >= 11 is 0. The quantitative estimate of drug-likeness (QED) is 0.410. The first kappa shape index (κ1) is 22.9. The molecule has 0 aromatic heterocycles. The zero-order valence-corrected chi connectivity index (χ0v) is 20.3. The number of benzene rings is 2. The summed E-state index contributed by atoms with van der Waals surface area (Å²) < 4.78 is 10.9. The highest BCUT2D eigenvalue weighted by molar-refractivity contribution is 6.02.